The molecule has 158 valence electrons. The minimum absolute atomic E-state index is 0.0595. The smallest absolute Gasteiger partial charge is 0.338 e. The zero-order chi connectivity index (χ0) is 21.1. The molecule has 1 fully saturated rings. The normalized spacial score (nSPS) is 27.0. The highest BCUT2D eigenvalue weighted by molar-refractivity contribution is 7.80. The Balaban J connectivity index is 1.91. The lowest BCUT2D eigenvalue weighted by Gasteiger charge is -2.34. The van der Waals surface area contributed by atoms with Crippen LogP contribution in [-0.4, -0.2) is 31.4 Å². The second-order valence-electron chi connectivity index (χ2n) is 7.97. The van der Waals surface area contributed by atoms with Crippen LogP contribution in [0, 0.1) is 11.8 Å². The number of nitrogens with one attached hydrogen (secondary N) is 2. The molecule has 0 saturated heterocycles. The topological polar surface area (TPSA) is 68.8 Å². The van der Waals surface area contributed by atoms with Gasteiger partial charge < -0.3 is 24.8 Å². The van der Waals surface area contributed by atoms with Gasteiger partial charge >= 0.3 is 5.97 Å². The van der Waals surface area contributed by atoms with Gasteiger partial charge in [-0.05, 0) is 68.4 Å². The molecule has 3 rings (SSSR count). The maximum atomic E-state index is 13.2. The van der Waals surface area contributed by atoms with E-state index in [1.807, 2.05) is 25.1 Å². The van der Waals surface area contributed by atoms with Crippen molar-refractivity contribution in [1.29, 1.82) is 0 Å². The molecule has 1 aromatic carbocycles. The van der Waals surface area contributed by atoms with Crippen LogP contribution in [-0.2, 0) is 9.53 Å². The number of rotatable bonds is 5. The molecule has 6 nitrogen and oxygen atoms in total. The van der Waals surface area contributed by atoms with Gasteiger partial charge in [0.25, 0.3) is 0 Å². The van der Waals surface area contributed by atoms with Crippen molar-refractivity contribution < 1.29 is 19.0 Å². The molecule has 7 heteroatoms. The number of hydrogen-bond donors (Lipinski definition) is 2. The maximum Gasteiger partial charge on any atom is 0.338 e. The molecule has 1 aliphatic carbocycles. The molecule has 4 atom stereocenters. The van der Waals surface area contributed by atoms with Gasteiger partial charge in [-0.2, -0.15) is 0 Å². The molecule has 0 amide bonds. The Labute approximate surface area is 178 Å². The van der Waals surface area contributed by atoms with E-state index in [4.69, 9.17) is 26.4 Å². The molecular weight excluding hydrogens is 388 g/mol. The molecule has 0 unspecified atom stereocenters. The summed E-state index contributed by atoms with van der Waals surface area (Å²) < 4.78 is 16.9. The highest BCUT2D eigenvalue weighted by Gasteiger charge is 2.35. The third-order valence-electron chi connectivity index (χ3n) is 6.06. The number of carbonyl (C=O) groups excluding carboxylic acids is 1. The van der Waals surface area contributed by atoms with Gasteiger partial charge in [0.05, 0.1) is 25.8 Å². The van der Waals surface area contributed by atoms with Gasteiger partial charge in [0, 0.05) is 11.3 Å². The summed E-state index contributed by atoms with van der Waals surface area (Å²) >= 11 is 5.35. The standard InChI is InChI=1S/C22H30N2O4S/c1-12-6-7-16(10-13(12)2)28-21(25)19-14(3)23-22(29)24-20(19)17-11-15(26-4)8-9-18(17)27-5/h8-9,11-13,16,20H,6-7,10H2,1-5H3,(H2,23,24,29)/t12-,13-,16+,20+/m0/s1. The van der Waals surface area contributed by atoms with E-state index in [-0.39, 0.29) is 12.1 Å². The summed E-state index contributed by atoms with van der Waals surface area (Å²) in [4.78, 5) is 13.2. The summed E-state index contributed by atoms with van der Waals surface area (Å²) in [6.07, 6.45) is 2.81. The maximum absolute atomic E-state index is 13.2. The van der Waals surface area contributed by atoms with Gasteiger partial charge in [0.2, 0.25) is 0 Å². The monoisotopic (exact) mass is 418 g/mol. The Bertz CT molecular complexity index is 823. The first-order valence-electron chi connectivity index (χ1n) is 10.0. The van der Waals surface area contributed by atoms with Gasteiger partial charge in [-0.15, -0.1) is 0 Å². The number of esters is 1. The summed E-state index contributed by atoms with van der Waals surface area (Å²) in [7, 11) is 3.21. The largest absolute Gasteiger partial charge is 0.497 e. The number of ether oxygens (including phenoxy) is 3. The van der Waals surface area contributed by atoms with Gasteiger partial charge in [0.1, 0.15) is 17.6 Å². The summed E-state index contributed by atoms with van der Waals surface area (Å²) in [6, 6.07) is 5.01. The van der Waals surface area contributed by atoms with E-state index >= 15 is 0 Å². The fourth-order valence-electron chi connectivity index (χ4n) is 4.08. The van der Waals surface area contributed by atoms with Gasteiger partial charge in [-0.1, -0.05) is 13.8 Å². The van der Waals surface area contributed by atoms with Crippen molar-refractivity contribution in [2.75, 3.05) is 14.2 Å². The fourth-order valence-corrected chi connectivity index (χ4v) is 4.35. The molecule has 0 bridgehead atoms. The predicted octanol–water partition coefficient (Wildman–Crippen LogP) is 3.86. The van der Waals surface area contributed by atoms with Crippen LogP contribution in [0.1, 0.15) is 51.6 Å². The Morgan fingerprint density at radius 2 is 1.90 bits per heavy atom. The molecule has 29 heavy (non-hydrogen) atoms. The van der Waals surface area contributed by atoms with Crippen LogP contribution >= 0.6 is 12.2 Å². The quantitative estimate of drug-likeness (QED) is 0.556. The van der Waals surface area contributed by atoms with E-state index in [0.29, 0.717) is 39.7 Å². The second kappa shape index (κ2) is 9.03. The molecule has 1 aromatic rings. The van der Waals surface area contributed by atoms with E-state index in [1.165, 1.54) is 0 Å². The van der Waals surface area contributed by atoms with E-state index in [1.54, 1.807) is 14.2 Å². The first-order chi connectivity index (χ1) is 13.8. The molecule has 0 aromatic heterocycles. The van der Waals surface area contributed by atoms with Crippen molar-refractivity contribution in [3.8, 4) is 11.5 Å². The van der Waals surface area contributed by atoms with E-state index in [2.05, 4.69) is 24.5 Å². The highest BCUT2D eigenvalue weighted by atomic mass is 32.1. The number of methoxy groups -OCH3 is 2. The van der Waals surface area contributed by atoms with Crippen LogP contribution < -0.4 is 20.1 Å². The van der Waals surface area contributed by atoms with Crippen molar-refractivity contribution in [2.24, 2.45) is 11.8 Å². The van der Waals surface area contributed by atoms with E-state index in [9.17, 15) is 4.79 Å². The van der Waals surface area contributed by atoms with Crippen LogP contribution in [0.25, 0.3) is 0 Å². The van der Waals surface area contributed by atoms with Crippen LogP contribution in [0.2, 0.25) is 0 Å². The van der Waals surface area contributed by atoms with E-state index < -0.39 is 6.04 Å². The van der Waals surface area contributed by atoms with Crippen molar-refractivity contribution >= 4 is 23.3 Å². The van der Waals surface area contributed by atoms with Crippen molar-refractivity contribution in [2.45, 2.75) is 52.2 Å². The Morgan fingerprint density at radius 3 is 2.55 bits per heavy atom. The number of benzene rings is 1. The first kappa shape index (κ1) is 21.4. The fraction of sp³-hybridized carbons (Fsp3) is 0.545. The van der Waals surface area contributed by atoms with Crippen molar-refractivity contribution in [3.63, 3.8) is 0 Å². The molecule has 2 aliphatic rings. The molecule has 1 saturated carbocycles. The third kappa shape index (κ3) is 4.66. The summed E-state index contributed by atoms with van der Waals surface area (Å²) in [5.74, 6) is 2.20. The van der Waals surface area contributed by atoms with E-state index in [0.717, 1.165) is 24.8 Å². The third-order valence-corrected chi connectivity index (χ3v) is 6.28. The predicted molar refractivity (Wildman–Crippen MR) is 116 cm³/mol. The summed E-state index contributed by atoms with van der Waals surface area (Å²) in [6.45, 7) is 6.33. The Kier molecular flexibility index (Phi) is 6.67. The Hall–Kier alpha value is -2.28. The lowest BCUT2D eigenvalue weighted by Crippen LogP contribution is -2.45. The molecule has 0 radical (unpaired) electrons. The second-order valence-corrected chi connectivity index (χ2v) is 8.38. The number of carbonyl (C=O) groups is 1. The molecule has 0 spiro atoms. The lowest BCUT2D eigenvalue weighted by atomic mass is 9.80. The minimum Gasteiger partial charge on any atom is -0.497 e. The average Bonchev–Trinajstić information content (AvgIpc) is 2.69. The van der Waals surface area contributed by atoms with Crippen LogP contribution in [0.3, 0.4) is 0 Å². The molecule has 2 N–H and O–H groups in total. The Morgan fingerprint density at radius 1 is 1.14 bits per heavy atom. The molecule has 1 aliphatic heterocycles. The van der Waals surface area contributed by atoms with Crippen LogP contribution in [0.5, 0.6) is 11.5 Å². The zero-order valence-electron chi connectivity index (χ0n) is 17.7. The highest BCUT2D eigenvalue weighted by Crippen LogP contribution is 2.37. The van der Waals surface area contributed by atoms with Crippen LogP contribution in [0.15, 0.2) is 29.5 Å². The van der Waals surface area contributed by atoms with Gasteiger partial charge in [-0.3, -0.25) is 0 Å². The minimum atomic E-state index is -0.485. The number of thiocarbonyl (C=S) groups is 1. The first-order valence-corrected chi connectivity index (χ1v) is 10.5. The average molecular weight is 419 g/mol. The summed E-state index contributed by atoms with van der Waals surface area (Å²) in [5, 5.41) is 6.71. The van der Waals surface area contributed by atoms with Crippen molar-refractivity contribution in [3.05, 3.63) is 35.0 Å². The molecular formula is C22H30N2O4S. The molecule has 1 heterocycles. The summed E-state index contributed by atoms with van der Waals surface area (Å²) in [5.41, 5.74) is 1.97. The van der Waals surface area contributed by atoms with Gasteiger partial charge in [0.15, 0.2) is 5.11 Å². The number of allylic oxidation sites excluding steroid dienone is 1. The SMILES string of the molecule is COc1ccc(OC)c([C@H]2NC(=S)NC(C)=C2C(=O)O[C@@H]2CC[C@H](C)[C@@H](C)C2)c1. The van der Waals surface area contributed by atoms with Gasteiger partial charge in [-0.25, -0.2) is 4.79 Å². The lowest BCUT2D eigenvalue weighted by molar-refractivity contribution is -0.147. The van der Waals surface area contributed by atoms with Crippen molar-refractivity contribution in [1.82, 2.24) is 10.6 Å². The van der Waals surface area contributed by atoms with Crippen LogP contribution in [0.4, 0.5) is 0 Å². The zero-order valence-corrected chi connectivity index (χ0v) is 18.5. The number of hydrogen-bond acceptors (Lipinski definition) is 5.